The van der Waals surface area contributed by atoms with Crippen LogP contribution in [0.4, 0.5) is 0 Å². The summed E-state index contributed by atoms with van der Waals surface area (Å²) >= 11 is 0. The molecule has 0 N–H and O–H groups in total. The van der Waals surface area contributed by atoms with E-state index in [2.05, 4.69) is 54.6 Å². The Morgan fingerprint density at radius 1 is 0.931 bits per heavy atom. The summed E-state index contributed by atoms with van der Waals surface area (Å²) in [5, 5.41) is 0. The van der Waals surface area contributed by atoms with Crippen molar-refractivity contribution in [3.05, 3.63) is 90.0 Å². The molecule has 3 aromatic rings. The first kappa shape index (κ1) is 20.7. The monoisotopic (exact) mass is 388 g/mol. The predicted molar refractivity (Wildman–Crippen MR) is 117 cm³/mol. The zero-order chi connectivity index (χ0) is 20.6. The number of benzene rings is 3. The number of rotatable bonds is 8. The van der Waals surface area contributed by atoms with Gasteiger partial charge in [-0.15, -0.1) is 0 Å². The maximum atomic E-state index is 11.6. The first-order valence-electron chi connectivity index (χ1n) is 10.0. The molecule has 0 spiro atoms. The number of carbonyl (C=O) groups is 1. The Bertz CT molecular complexity index is 919. The van der Waals surface area contributed by atoms with Crippen LogP contribution in [-0.4, -0.2) is 19.2 Å². The molecule has 3 nitrogen and oxygen atoms in total. The summed E-state index contributed by atoms with van der Waals surface area (Å²) in [6, 6.07) is 26.9. The van der Waals surface area contributed by atoms with E-state index in [4.69, 9.17) is 9.47 Å². The SMILES string of the molecule is COc1cc(C(CCc2ccccc2)C(C)OC(C)=O)ccc1-c1ccccc1. The Balaban J connectivity index is 1.90. The summed E-state index contributed by atoms with van der Waals surface area (Å²) in [5.41, 5.74) is 4.56. The fourth-order valence-corrected chi connectivity index (χ4v) is 3.78. The lowest BCUT2D eigenvalue weighted by molar-refractivity contribution is -0.146. The van der Waals surface area contributed by atoms with Crippen molar-refractivity contribution in [3.8, 4) is 16.9 Å². The maximum absolute atomic E-state index is 11.6. The van der Waals surface area contributed by atoms with Crippen LogP contribution in [0.5, 0.6) is 5.75 Å². The Morgan fingerprint density at radius 2 is 1.59 bits per heavy atom. The van der Waals surface area contributed by atoms with Crippen LogP contribution in [0.15, 0.2) is 78.9 Å². The highest BCUT2D eigenvalue weighted by molar-refractivity contribution is 5.71. The zero-order valence-corrected chi connectivity index (χ0v) is 17.3. The predicted octanol–water partition coefficient (Wildman–Crippen LogP) is 6.03. The van der Waals surface area contributed by atoms with E-state index in [1.54, 1.807) is 7.11 Å². The number of carbonyl (C=O) groups excluding carboxylic acids is 1. The van der Waals surface area contributed by atoms with E-state index in [1.165, 1.54) is 12.5 Å². The van der Waals surface area contributed by atoms with Crippen LogP contribution in [0.3, 0.4) is 0 Å². The van der Waals surface area contributed by atoms with Gasteiger partial charge in [0.25, 0.3) is 0 Å². The lowest BCUT2D eigenvalue weighted by Gasteiger charge is -2.25. The Morgan fingerprint density at radius 3 is 2.21 bits per heavy atom. The molecule has 0 aliphatic rings. The van der Waals surface area contributed by atoms with Crippen LogP contribution in [-0.2, 0) is 16.0 Å². The summed E-state index contributed by atoms with van der Waals surface area (Å²) in [6.45, 7) is 3.43. The highest BCUT2D eigenvalue weighted by Gasteiger charge is 2.23. The largest absolute Gasteiger partial charge is 0.496 e. The van der Waals surface area contributed by atoms with Gasteiger partial charge in [0.05, 0.1) is 7.11 Å². The average molecular weight is 389 g/mol. The first-order chi connectivity index (χ1) is 14.1. The van der Waals surface area contributed by atoms with Crippen molar-refractivity contribution in [2.45, 2.75) is 38.7 Å². The van der Waals surface area contributed by atoms with Gasteiger partial charge in [0, 0.05) is 18.4 Å². The van der Waals surface area contributed by atoms with Crippen molar-refractivity contribution in [1.82, 2.24) is 0 Å². The summed E-state index contributed by atoms with van der Waals surface area (Å²) in [6.07, 6.45) is 1.58. The average Bonchev–Trinajstić information content (AvgIpc) is 2.74. The third-order valence-electron chi connectivity index (χ3n) is 5.24. The van der Waals surface area contributed by atoms with Crippen molar-refractivity contribution in [2.24, 2.45) is 0 Å². The molecule has 0 aliphatic heterocycles. The first-order valence-corrected chi connectivity index (χ1v) is 10.0. The molecule has 3 aromatic carbocycles. The minimum Gasteiger partial charge on any atom is -0.496 e. The van der Waals surface area contributed by atoms with Crippen molar-refractivity contribution < 1.29 is 14.3 Å². The number of aryl methyl sites for hydroxylation is 1. The molecule has 150 valence electrons. The molecule has 29 heavy (non-hydrogen) atoms. The van der Waals surface area contributed by atoms with Gasteiger partial charge in [-0.3, -0.25) is 4.79 Å². The minimum atomic E-state index is -0.255. The molecule has 2 unspecified atom stereocenters. The molecule has 0 heterocycles. The van der Waals surface area contributed by atoms with Crippen LogP contribution in [0.25, 0.3) is 11.1 Å². The summed E-state index contributed by atoms with van der Waals surface area (Å²) in [5.74, 6) is 0.654. The second-order valence-corrected chi connectivity index (χ2v) is 7.27. The topological polar surface area (TPSA) is 35.5 Å². The Labute approximate surface area is 173 Å². The lowest BCUT2D eigenvalue weighted by Crippen LogP contribution is -2.22. The van der Waals surface area contributed by atoms with Gasteiger partial charge in [-0.2, -0.15) is 0 Å². The highest BCUT2D eigenvalue weighted by Crippen LogP contribution is 2.35. The fraction of sp³-hybridized carbons (Fsp3) is 0.269. The van der Waals surface area contributed by atoms with E-state index in [-0.39, 0.29) is 18.0 Å². The van der Waals surface area contributed by atoms with Crippen LogP contribution < -0.4 is 4.74 Å². The molecule has 0 saturated heterocycles. The zero-order valence-electron chi connectivity index (χ0n) is 17.3. The van der Waals surface area contributed by atoms with Crippen molar-refractivity contribution in [1.29, 1.82) is 0 Å². The number of ether oxygens (including phenoxy) is 2. The van der Waals surface area contributed by atoms with Crippen molar-refractivity contribution in [2.75, 3.05) is 7.11 Å². The molecule has 3 heteroatoms. The number of methoxy groups -OCH3 is 1. The maximum Gasteiger partial charge on any atom is 0.302 e. The van der Waals surface area contributed by atoms with Gasteiger partial charge in [-0.25, -0.2) is 0 Å². The van der Waals surface area contributed by atoms with E-state index in [0.717, 1.165) is 35.3 Å². The van der Waals surface area contributed by atoms with Crippen molar-refractivity contribution in [3.63, 3.8) is 0 Å². The van der Waals surface area contributed by atoms with E-state index in [0.29, 0.717) is 0 Å². The fourth-order valence-electron chi connectivity index (χ4n) is 3.78. The van der Waals surface area contributed by atoms with Crippen molar-refractivity contribution >= 4 is 5.97 Å². The second-order valence-electron chi connectivity index (χ2n) is 7.27. The molecule has 0 saturated carbocycles. The number of hydrogen-bond acceptors (Lipinski definition) is 3. The summed E-state index contributed by atoms with van der Waals surface area (Å²) in [4.78, 5) is 11.6. The molecular weight excluding hydrogens is 360 g/mol. The van der Waals surface area contributed by atoms with Crippen LogP contribution >= 0.6 is 0 Å². The number of hydrogen-bond donors (Lipinski definition) is 0. The number of esters is 1. The van der Waals surface area contributed by atoms with E-state index >= 15 is 0 Å². The van der Waals surface area contributed by atoms with Crippen LogP contribution in [0, 0.1) is 0 Å². The summed E-state index contributed by atoms with van der Waals surface area (Å²) in [7, 11) is 1.69. The molecule has 3 rings (SSSR count). The third-order valence-corrected chi connectivity index (χ3v) is 5.24. The molecule has 0 amide bonds. The standard InChI is InChI=1S/C26H28O3/c1-19(29-20(2)27)24(16-14-21-10-6-4-7-11-21)23-15-17-25(26(18-23)28-3)22-12-8-5-9-13-22/h4-13,15,17-19,24H,14,16H2,1-3H3. The third kappa shape index (κ3) is 5.47. The van der Waals surface area contributed by atoms with E-state index in [1.807, 2.05) is 31.2 Å². The van der Waals surface area contributed by atoms with Gasteiger partial charge in [0.15, 0.2) is 0 Å². The lowest BCUT2D eigenvalue weighted by atomic mass is 9.87. The van der Waals surface area contributed by atoms with Gasteiger partial charge in [-0.1, -0.05) is 72.8 Å². The molecular formula is C26H28O3. The smallest absolute Gasteiger partial charge is 0.302 e. The Hall–Kier alpha value is -3.07. The van der Waals surface area contributed by atoms with Gasteiger partial charge in [-0.05, 0) is 42.5 Å². The molecule has 0 bridgehead atoms. The Kier molecular flexibility index (Phi) is 7.07. The summed E-state index contributed by atoms with van der Waals surface area (Å²) < 4.78 is 11.3. The van der Waals surface area contributed by atoms with E-state index in [9.17, 15) is 4.79 Å². The molecule has 0 radical (unpaired) electrons. The van der Waals surface area contributed by atoms with Crippen LogP contribution in [0.2, 0.25) is 0 Å². The quantitative estimate of drug-likeness (QED) is 0.442. The minimum absolute atomic E-state index is 0.0813. The normalized spacial score (nSPS) is 12.8. The second kappa shape index (κ2) is 9.92. The van der Waals surface area contributed by atoms with Crippen LogP contribution in [0.1, 0.15) is 37.3 Å². The molecule has 0 aromatic heterocycles. The molecule has 2 atom stereocenters. The highest BCUT2D eigenvalue weighted by atomic mass is 16.5. The van der Waals surface area contributed by atoms with Gasteiger partial charge in [0.2, 0.25) is 0 Å². The van der Waals surface area contributed by atoms with Gasteiger partial charge >= 0.3 is 5.97 Å². The molecule has 0 aliphatic carbocycles. The van der Waals surface area contributed by atoms with Gasteiger partial charge < -0.3 is 9.47 Å². The van der Waals surface area contributed by atoms with E-state index < -0.39 is 0 Å². The molecule has 0 fully saturated rings. The van der Waals surface area contributed by atoms with Gasteiger partial charge in [0.1, 0.15) is 11.9 Å².